The van der Waals surface area contributed by atoms with Crippen molar-refractivity contribution in [2.45, 2.75) is 245 Å². The molecule has 0 rings (SSSR count). The van der Waals surface area contributed by atoms with Crippen molar-refractivity contribution in [3.63, 3.8) is 0 Å². The van der Waals surface area contributed by atoms with Crippen molar-refractivity contribution in [3.05, 3.63) is 97.2 Å². The Kier molecular flexibility index (Phi) is 49.2. The number of phosphoric ester groups is 1. The van der Waals surface area contributed by atoms with Gasteiger partial charge in [-0.25, -0.2) is 0 Å². The van der Waals surface area contributed by atoms with Gasteiger partial charge in [-0.3, -0.25) is 14.2 Å². The smallest absolute Gasteiger partial charge is 0.306 e. The first-order valence-electron chi connectivity index (χ1n) is 29.0. The van der Waals surface area contributed by atoms with Crippen LogP contribution in [0.3, 0.4) is 0 Å². The third-order valence-corrected chi connectivity index (χ3v) is 13.2. The zero-order chi connectivity index (χ0) is 52.9. The molecule has 0 aliphatic rings. The zero-order valence-corrected chi connectivity index (χ0v) is 48.0. The molecule has 1 N–H and O–H groups in total. The number of hydrogen-bond donors (Lipinski definition) is 1. The molecule has 0 aromatic carbocycles. The second-order valence-corrected chi connectivity index (χ2v) is 21.8. The molecule has 0 bridgehead atoms. The fourth-order valence-electron chi connectivity index (χ4n) is 7.75. The topological polar surface area (TPSA) is 114 Å². The second-order valence-electron chi connectivity index (χ2n) is 20.4. The molecule has 0 aromatic heterocycles. The number of nitrogens with one attached hydrogen (secondary N) is 1. The molecule has 414 valence electrons. The Morgan fingerprint density at radius 1 is 0.500 bits per heavy atom. The number of unbranched alkanes of at least 4 members (excludes halogenated alkanes) is 21. The molecular weight excluding hydrogens is 916 g/mol. The number of amides is 1. The molecule has 0 saturated carbocycles. The first-order chi connectivity index (χ1) is 34.9. The van der Waals surface area contributed by atoms with E-state index in [1.165, 1.54) is 89.9 Å². The van der Waals surface area contributed by atoms with Gasteiger partial charge in [-0.1, -0.05) is 208 Å². The molecule has 10 heteroatoms. The van der Waals surface area contributed by atoms with E-state index in [-0.39, 0.29) is 31.3 Å². The van der Waals surface area contributed by atoms with E-state index in [2.05, 4.69) is 111 Å². The first-order valence-corrected chi connectivity index (χ1v) is 30.5. The highest BCUT2D eigenvalue weighted by molar-refractivity contribution is 7.45. The van der Waals surface area contributed by atoms with Crippen molar-refractivity contribution in [3.8, 4) is 0 Å². The lowest BCUT2D eigenvalue weighted by Gasteiger charge is -2.30. The van der Waals surface area contributed by atoms with Crippen LogP contribution in [0.15, 0.2) is 97.2 Å². The van der Waals surface area contributed by atoms with Crippen LogP contribution in [0.2, 0.25) is 0 Å². The summed E-state index contributed by atoms with van der Waals surface area (Å²) in [5.74, 6) is -0.617. The number of ether oxygens (including phenoxy) is 1. The molecular formula is C62H109N2O7P. The van der Waals surface area contributed by atoms with Crippen molar-refractivity contribution in [2.24, 2.45) is 0 Å². The molecule has 0 spiro atoms. The number of carbonyl (C=O) groups excluding carboxylic acids is 2. The lowest BCUT2D eigenvalue weighted by molar-refractivity contribution is -0.870. The maximum Gasteiger partial charge on any atom is 0.306 e. The Labute approximate surface area is 443 Å². The van der Waals surface area contributed by atoms with Crippen LogP contribution in [0.5, 0.6) is 0 Å². The van der Waals surface area contributed by atoms with Crippen LogP contribution >= 0.6 is 7.82 Å². The number of rotatable bonds is 51. The first kappa shape index (κ1) is 68.9. The summed E-state index contributed by atoms with van der Waals surface area (Å²) in [6.07, 6.45) is 68.1. The molecule has 0 aliphatic heterocycles. The summed E-state index contributed by atoms with van der Waals surface area (Å²) in [4.78, 5) is 39.8. The predicted molar refractivity (Wildman–Crippen MR) is 307 cm³/mol. The van der Waals surface area contributed by atoms with Crippen molar-refractivity contribution in [1.29, 1.82) is 0 Å². The molecule has 0 saturated heterocycles. The van der Waals surface area contributed by atoms with Crippen LogP contribution in [-0.4, -0.2) is 69.4 Å². The lowest BCUT2D eigenvalue weighted by Crippen LogP contribution is -2.47. The van der Waals surface area contributed by atoms with E-state index >= 15 is 0 Å². The minimum absolute atomic E-state index is 0.0375. The van der Waals surface area contributed by atoms with Gasteiger partial charge in [-0.05, 0) is 109 Å². The van der Waals surface area contributed by atoms with Gasteiger partial charge in [0.1, 0.15) is 19.3 Å². The van der Waals surface area contributed by atoms with Gasteiger partial charge in [-0.15, -0.1) is 0 Å². The summed E-state index contributed by atoms with van der Waals surface area (Å²) in [7, 11) is 1.13. The average Bonchev–Trinajstić information content (AvgIpc) is 3.34. The van der Waals surface area contributed by atoms with Crippen LogP contribution in [0, 0.1) is 0 Å². The van der Waals surface area contributed by atoms with E-state index in [0.29, 0.717) is 23.9 Å². The molecule has 72 heavy (non-hydrogen) atoms. The Hall–Kier alpha value is -3.07. The van der Waals surface area contributed by atoms with Crippen LogP contribution < -0.4 is 10.2 Å². The minimum atomic E-state index is -4.71. The van der Waals surface area contributed by atoms with Gasteiger partial charge < -0.3 is 28.5 Å². The van der Waals surface area contributed by atoms with Crippen LogP contribution in [0.1, 0.15) is 233 Å². The van der Waals surface area contributed by atoms with Gasteiger partial charge >= 0.3 is 5.97 Å². The molecule has 1 amide bonds. The summed E-state index contributed by atoms with van der Waals surface area (Å²) in [6, 6.07) is -0.921. The number of hydrogen-bond acceptors (Lipinski definition) is 7. The Bertz CT molecular complexity index is 1560. The van der Waals surface area contributed by atoms with E-state index in [1.807, 2.05) is 33.3 Å². The highest BCUT2D eigenvalue weighted by Gasteiger charge is 2.27. The van der Waals surface area contributed by atoms with E-state index in [4.69, 9.17) is 13.8 Å². The van der Waals surface area contributed by atoms with E-state index in [0.717, 1.165) is 96.3 Å². The minimum Gasteiger partial charge on any atom is -0.756 e. The summed E-state index contributed by atoms with van der Waals surface area (Å²) in [5.41, 5.74) is 0. The fourth-order valence-corrected chi connectivity index (χ4v) is 8.48. The maximum atomic E-state index is 13.5. The molecule has 3 unspecified atom stereocenters. The van der Waals surface area contributed by atoms with E-state index in [9.17, 15) is 19.0 Å². The largest absolute Gasteiger partial charge is 0.756 e. The number of quaternary nitrogens is 1. The van der Waals surface area contributed by atoms with Gasteiger partial charge in [0.2, 0.25) is 5.91 Å². The van der Waals surface area contributed by atoms with Crippen molar-refractivity contribution >= 4 is 19.7 Å². The number of phosphoric acid groups is 1. The number of allylic oxidation sites excluding steroid dienone is 15. The maximum absolute atomic E-state index is 13.5. The van der Waals surface area contributed by atoms with Crippen LogP contribution in [0.25, 0.3) is 0 Å². The number of carbonyl (C=O) groups is 2. The van der Waals surface area contributed by atoms with Gasteiger partial charge in [0.15, 0.2) is 0 Å². The highest BCUT2D eigenvalue weighted by Crippen LogP contribution is 2.38. The van der Waals surface area contributed by atoms with E-state index in [1.54, 1.807) is 0 Å². The quantitative estimate of drug-likeness (QED) is 0.0212. The molecule has 0 heterocycles. The molecule has 0 fully saturated rings. The summed E-state index contributed by atoms with van der Waals surface area (Å²) >= 11 is 0. The average molecular weight is 1030 g/mol. The van der Waals surface area contributed by atoms with Gasteiger partial charge in [0.05, 0.1) is 33.8 Å². The molecule has 0 radical (unpaired) electrons. The Balaban J connectivity index is 5.41. The van der Waals surface area contributed by atoms with Crippen LogP contribution in [0.4, 0.5) is 0 Å². The van der Waals surface area contributed by atoms with Gasteiger partial charge in [0.25, 0.3) is 7.82 Å². The number of likely N-dealkylation sites (N-methyl/N-ethyl adjacent to an activating group) is 1. The molecule has 3 atom stereocenters. The molecule has 9 nitrogen and oxygen atoms in total. The Morgan fingerprint density at radius 3 is 1.36 bits per heavy atom. The van der Waals surface area contributed by atoms with E-state index < -0.39 is 26.6 Å². The number of nitrogens with zero attached hydrogens (tertiary/aromatic N) is 1. The second kappa shape index (κ2) is 51.4. The normalized spacial score (nSPS) is 14.5. The summed E-state index contributed by atoms with van der Waals surface area (Å²) < 4.78 is 30.2. The van der Waals surface area contributed by atoms with Gasteiger partial charge in [-0.2, -0.15) is 0 Å². The van der Waals surface area contributed by atoms with Crippen molar-refractivity contribution in [2.75, 3.05) is 40.9 Å². The van der Waals surface area contributed by atoms with Crippen LogP contribution in [-0.2, 0) is 27.9 Å². The summed E-state index contributed by atoms with van der Waals surface area (Å²) in [6.45, 7) is 6.65. The standard InChI is InChI=1S/C62H109N2O7P/c1-7-10-13-16-19-22-25-28-29-30-31-32-33-34-35-37-39-42-45-48-51-54-61(65)63-59(58-70-72(67,68)69-57-56-64(4,5)6)60(53-50-47-44-41-38-27-24-21-18-15-12-9-3)71-62(66)55-52-49-46-43-40-36-26-23-20-17-14-11-8-2/h10,13,19,22,28-29,31-32,34-36,39-40,42,50,53,59-60H,7-9,11-12,14-18,20-21,23-27,30,33,37-38,41,43-49,51-52,54-58H2,1-6H3,(H-,63,65,67,68)/b13-10-,22-19-,29-28-,32-31-,35-34-,40-36-,42-39-,53-50-. The highest BCUT2D eigenvalue weighted by atomic mass is 31.2. The predicted octanol–water partition coefficient (Wildman–Crippen LogP) is 17.0. The Morgan fingerprint density at radius 2 is 0.889 bits per heavy atom. The monoisotopic (exact) mass is 1020 g/mol. The fraction of sp³-hybridized carbons (Fsp3) is 0.710. The zero-order valence-electron chi connectivity index (χ0n) is 47.1. The lowest BCUT2D eigenvalue weighted by atomic mass is 10.1. The number of esters is 1. The molecule has 0 aliphatic carbocycles. The third-order valence-electron chi connectivity index (χ3n) is 12.2. The van der Waals surface area contributed by atoms with Gasteiger partial charge in [0, 0.05) is 12.8 Å². The third kappa shape index (κ3) is 51.8. The van der Waals surface area contributed by atoms with Crippen molar-refractivity contribution in [1.82, 2.24) is 5.32 Å². The molecule has 0 aromatic rings. The van der Waals surface area contributed by atoms with Crippen molar-refractivity contribution < 1.29 is 37.3 Å². The SMILES string of the molecule is CC/C=C\C/C=C\C/C=C\C/C=C\C/C=C\C/C=C\CCCCC(=O)NC(COP(=O)([O-])OCC[N+](C)(C)C)C(/C=C\CCCCCCCCCCCC)OC(=O)CCCCC/C=C\CCCCCCCC. The summed E-state index contributed by atoms with van der Waals surface area (Å²) in [5, 5.41) is 2.99.